The lowest BCUT2D eigenvalue weighted by atomic mass is 9.90. The number of hydrogen-bond donors (Lipinski definition) is 0. The van der Waals surface area contributed by atoms with Crippen LogP contribution in [0.4, 0.5) is 0 Å². The number of rotatable bonds is 2. The van der Waals surface area contributed by atoms with Gasteiger partial charge in [0.1, 0.15) is 5.75 Å². The highest BCUT2D eigenvalue weighted by Crippen LogP contribution is 2.50. The number of hydrogen-bond acceptors (Lipinski definition) is 3. The van der Waals surface area contributed by atoms with E-state index in [2.05, 4.69) is 98.0 Å². The van der Waals surface area contributed by atoms with Crippen molar-refractivity contribution in [3.8, 4) is 16.9 Å². The van der Waals surface area contributed by atoms with Gasteiger partial charge in [0, 0.05) is 12.0 Å². The van der Waals surface area contributed by atoms with E-state index in [4.69, 9.17) is 9.84 Å². The number of fused-ring (bicyclic) bond motifs is 4. The summed E-state index contributed by atoms with van der Waals surface area (Å²) in [6.45, 7) is 2.20. The second kappa shape index (κ2) is 7.21. The van der Waals surface area contributed by atoms with E-state index in [1.807, 2.05) is 0 Å². The van der Waals surface area contributed by atoms with Crippen LogP contribution in [0.5, 0.6) is 5.75 Å². The normalized spacial score (nSPS) is 22.6. The molecule has 1 spiro atoms. The number of likely N-dealkylation sites (tertiary alicyclic amines) is 1. The lowest BCUT2D eigenvalue weighted by molar-refractivity contribution is -0.898. The largest absolute Gasteiger partial charge is 0.466 e. The molecule has 0 aliphatic carbocycles. The van der Waals surface area contributed by atoms with Crippen molar-refractivity contribution >= 4 is 5.71 Å². The Bertz CT molecular complexity index is 1160. The van der Waals surface area contributed by atoms with E-state index < -0.39 is 0 Å². The zero-order valence-corrected chi connectivity index (χ0v) is 18.9. The van der Waals surface area contributed by atoms with Crippen molar-refractivity contribution in [1.29, 1.82) is 0 Å². The summed E-state index contributed by atoms with van der Waals surface area (Å²) in [5, 5.41) is 7.54. The molecule has 4 nitrogen and oxygen atoms in total. The molecule has 3 aromatic rings. The molecule has 3 heterocycles. The third kappa shape index (κ3) is 3.21. The molecule has 0 bridgehead atoms. The second-order valence-corrected chi connectivity index (χ2v) is 10.0. The Labute approximate surface area is 190 Å². The van der Waals surface area contributed by atoms with Crippen LogP contribution in [0.15, 0.2) is 84.0 Å². The van der Waals surface area contributed by atoms with Crippen molar-refractivity contribution in [2.24, 2.45) is 5.10 Å². The van der Waals surface area contributed by atoms with Crippen LogP contribution in [0.25, 0.3) is 11.1 Å². The predicted molar refractivity (Wildman–Crippen MR) is 128 cm³/mol. The quantitative estimate of drug-likeness (QED) is 0.510. The molecule has 0 saturated carbocycles. The summed E-state index contributed by atoms with van der Waals surface area (Å²) in [6.07, 6.45) is 2.91. The number of piperidine rings is 1. The van der Waals surface area contributed by atoms with Gasteiger partial charge in [0.05, 0.1) is 51.8 Å². The molecule has 1 saturated heterocycles. The van der Waals surface area contributed by atoms with Crippen molar-refractivity contribution < 1.29 is 9.22 Å². The van der Waals surface area contributed by atoms with Gasteiger partial charge in [0.25, 0.3) is 0 Å². The maximum Gasteiger partial charge on any atom is 0.208 e. The number of benzene rings is 3. The van der Waals surface area contributed by atoms with Gasteiger partial charge in [-0.1, -0.05) is 72.8 Å². The van der Waals surface area contributed by atoms with E-state index >= 15 is 0 Å². The van der Waals surface area contributed by atoms with Gasteiger partial charge >= 0.3 is 0 Å². The summed E-state index contributed by atoms with van der Waals surface area (Å²) in [5.74, 6) is 1.04. The minimum atomic E-state index is -0.335. The number of nitrogens with zero attached hydrogens (tertiary/aromatic N) is 3. The van der Waals surface area contributed by atoms with Gasteiger partial charge in [-0.2, -0.15) is 5.10 Å². The number of hydrazone groups is 1. The summed E-state index contributed by atoms with van der Waals surface area (Å²) >= 11 is 0. The van der Waals surface area contributed by atoms with Gasteiger partial charge in [-0.25, -0.2) is 5.01 Å². The van der Waals surface area contributed by atoms with Gasteiger partial charge < -0.3 is 9.22 Å². The molecule has 0 amide bonds. The van der Waals surface area contributed by atoms with Crippen molar-refractivity contribution in [2.45, 2.75) is 31.0 Å². The van der Waals surface area contributed by atoms with E-state index in [0.29, 0.717) is 0 Å². The van der Waals surface area contributed by atoms with E-state index in [1.54, 1.807) is 0 Å². The zero-order valence-electron chi connectivity index (χ0n) is 18.9. The van der Waals surface area contributed by atoms with Crippen molar-refractivity contribution in [3.63, 3.8) is 0 Å². The highest BCUT2D eigenvalue weighted by atomic mass is 16.5. The number of quaternary nitrogens is 1. The number of ether oxygens (including phenoxy) is 1. The first-order chi connectivity index (χ1) is 15.5. The van der Waals surface area contributed by atoms with Crippen molar-refractivity contribution in [3.05, 3.63) is 90.0 Å². The Morgan fingerprint density at radius 2 is 1.44 bits per heavy atom. The van der Waals surface area contributed by atoms with E-state index in [1.165, 1.54) is 22.3 Å². The number of para-hydroxylation sites is 1. The predicted octanol–water partition coefficient (Wildman–Crippen LogP) is 5.46. The maximum absolute atomic E-state index is 6.74. The first kappa shape index (κ1) is 19.6. The zero-order chi connectivity index (χ0) is 21.8. The Balaban J connectivity index is 1.35. The van der Waals surface area contributed by atoms with Crippen LogP contribution in [-0.4, -0.2) is 48.1 Å². The molecular weight excluding hydrogens is 394 g/mol. The summed E-state index contributed by atoms with van der Waals surface area (Å²) in [7, 11) is 4.63. The van der Waals surface area contributed by atoms with Crippen LogP contribution in [0.3, 0.4) is 0 Å². The Morgan fingerprint density at radius 1 is 0.812 bits per heavy atom. The van der Waals surface area contributed by atoms with Crippen LogP contribution in [-0.2, 0) is 0 Å². The first-order valence-corrected chi connectivity index (χ1v) is 11.7. The Morgan fingerprint density at radius 3 is 2.19 bits per heavy atom. The van der Waals surface area contributed by atoms with Crippen LogP contribution in [0, 0.1) is 0 Å². The lowest BCUT2D eigenvalue weighted by Gasteiger charge is -2.52. The fourth-order valence-electron chi connectivity index (χ4n) is 5.41. The molecule has 4 heteroatoms. The lowest BCUT2D eigenvalue weighted by Crippen LogP contribution is -2.62. The molecule has 3 aliphatic heterocycles. The fraction of sp³-hybridized carbons (Fsp3) is 0.321. The van der Waals surface area contributed by atoms with E-state index in [0.717, 1.165) is 48.3 Å². The SMILES string of the molecule is C[N+]1(C)CCC2(CC1)Oc1ccccc1[C@H]1CC(c3ccc(-c4ccccc4)cc3)=NN12. The molecule has 0 aromatic heterocycles. The van der Waals surface area contributed by atoms with Gasteiger partial charge in [0.2, 0.25) is 5.72 Å². The topological polar surface area (TPSA) is 24.8 Å². The third-order valence-corrected chi connectivity index (χ3v) is 7.45. The van der Waals surface area contributed by atoms with Gasteiger partial charge in [-0.15, -0.1) is 0 Å². The van der Waals surface area contributed by atoms with Crippen LogP contribution in [0.2, 0.25) is 0 Å². The van der Waals surface area contributed by atoms with Gasteiger partial charge in [-0.3, -0.25) is 0 Å². The van der Waals surface area contributed by atoms with Gasteiger partial charge in [0.15, 0.2) is 0 Å². The van der Waals surface area contributed by atoms with E-state index in [-0.39, 0.29) is 11.8 Å². The monoisotopic (exact) mass is 424 g/mol. The minimum Gasteiger partial charge on any atom is -0.466 e. The molecule has 162 valence electrons. The third-order valence-electron chi connectivity index (χ3n) is 7.45. The smallest absolute Gasteiger partial charge is 0.208 e. The maximum atomic E-state index is 6.74. The average molecular weight is 425 g/mol. The molecule has 1 fully saturated rings. The van der Waals surface area contributed by atoms with Crippen LogP contribution in [0.1, 0.15) is 36.4 Å². The molecule has 1 atom stereocenters. The summed E-state index contributed by atoms with van der Waals surface area (Å²) in [5.41, 5.74) is 5.78. The molecular formula is C28H30N3O+. The first-order valence-electron chi connectivity index (χ1n) is 11.7. The molecule has 0 N–H and O–H groups in total. The molecule has 3 aliphatic rings. The van der Waals surface area contributed by atoms with Crippen molar-refractivity contribution in [2.75, 3.05) is 27.2 Å². The summed E-state index contributed by atoms with van der Waals surface area (Å²) in [4.78, 5) is 0. The molecule has 0 unspecified atom stereocenters. The minimum absolute atomic E-state index is 0.248. The molecule has 32 heavy (non-hydrogen) atoms. The Hall–Kier alpha value is -3.11. The van der Waals surface area contributed by atoms with Crippen molar-refractivity contribution in [1.82, 2.24) is 5.01 Å². The molecule has 0 radical (unpaired) electrons. The standard InChI is InChI=1S/C28H30N3O/c1-31(2)18-16-28(17-19-31)30-26(24-10-6-7-11-27(24)32-28)20-25(29-30)23-14-12-22(13-15-23)21-8-4-3-5-9-21/h3-15,26H,16-20H2,1-2H3/q+1/t26-/m1/s1. The highest BCUT2D eigenvalue weighted by Gasteiger charge is 2.53. The summed E-state index contributed by atoms with van der Waals surface area (Å²) < 4.78 is 7.78. The van der Waals surface area contributed by atoms with Gasteiger partial charge in [-0.05, 0) is 22.8 Å². The van der Waals surface area contributed by atoms with E-state index in [9.17, 15) is 0 Å². The average Bonchev–Trinajstić information content (AvgIpc) is 3.29. The Kier molecular flexibility index (Phi) is 4.41. The summed E-state index contributed by atoms with van der Waals surface area (Å²) in [6, 6.07) is 28.2. The highest BCUT2D eigenvalue weighted by molar-refractivity contribution is 6.02. The second-order valence-electron chi connectivity index (χ2n) is 10.0. The van der Waals surface area contributed by atoms with Crippen LogP contribution >= 0.6 is 0 Å². The molecule has 6 rings (SSSR count). The molecule has 3 aromatic carbocycles. The fourth-order valence-corrected chi connectivity index (χ4v) is 5.41. The van der Waals surface area contributed by atoms with Crippen LogP contribution < -0.4 is 4.74 Å².